The molecule has 1 saturated carbocycles. The van der Waals surface area contributed by atoms with E-state index in [1.807, 2.05) is 20.8 Å². The Morgan fingerprint density at radius 2 is 1.88 bits per heavy atom. The van der Waals surface area contributed by atoms with E-state index in [9.17, 15) is 18.0 Å². The van der Waals surface area contributed by atoms with Crippen molar-refractivity contribution >= 4 is 5.91 Å². The molecule has 3 atom stereocenters. The predicted molar refractivity (Wildman–Crippen MR) is 59.3 cm³/mol. The Morgan fingerprint density at radius 1 is 1.29 bits per heavy atom. The van der Waals surface area contributed by atoms with Crippen LogP contribution in [0.25, 0.3) is 0 Å². The third-order valence-electron chi connectivity index (χ3n) is 3.60. The van der Waals surface area contributed by atoms with Gasteiger partial charge in [-0.3, -0.25) is 4.79 Å². The second-order valence-electron chi connectivity index (χ2n) is 5.40. The van der Waals surface area contributed by atoms with Crippen LogP contribution in [0, 0.1) is 17.8 Å². The average molecular weight is 251 g/mol. The average Bonchev–Trinajstić information content (AvgIpc) is 2.15. The molecule has 1 fully saturated rings. The summed E-state index contributed by atoms with van der Waals surface area (Å²) in [6, 6.07) is -0.340. The molecule has 1 aliphatic carbocycles. The molecule has 2 nitrogen and oxygen atoms in total. The molecule has 1 aliphatic rings. The zero-order chi connectivity index (χ0) is 13.2. The molecule has 100 valence electrons. The van der Waals surface area contributed by atoms with E-state index in [4.69, 9.17) is 0 Å². The molecule has 0 heterocycles. The van der Waals surface area contributed by atoms with E-state index in [-0.39, 0.29) is 12.0 Å². The van der Waals surface area contributed by atoms with Crippen LogP contribution in [0.15, 0.2) is 0 Å². The Kier molecular flexibility index (Phi) is 4.44. The largest absolute Gasteiger partial charge is 0.471 e. The molecule has 0 aliphatic heterocycles. The summed E-state index contributed by atoms with van der Waals surface area (Å²) >= 11 is 0. The summed E-state index contributed by atoms with van der Waals surface area (Å²) in [7, 11) is 0. The highest BCUT2D eigenvalue weighted by molar-refractivity contribution is 5.81. The van der Waals surface area contributed by atoms with E-state index >= 15 is 0 Å². The molecular formula is C12H20F3NO. The zero-order valence-corrected chi connectivity index (χ0v) is 10.5. The second-order valence-corrected chi connectivity index (χ2v) is 5.40. The van der Waals surface area contributed by atoms with Crippen LogP contribution in [0.5, 0.6) is 0 Å². The van der Waals surface area contributed by atoms with Gasteiger partial charge < -0.3 is 5.32 Å². The van der Waals surface area contributed by atoms with Crippen LogP contribution in [0.2, 0.25) is 0 Å². The van der Waals surface area contributed by atoms with E-state index in [1.54, 1.807) is 0 Å². The van der Waals surface area contributed by atoms with E-state index < -0.39 is 12.1 Å². The van der Waals surface area contributed by atoms with E-state index in [1.165, 1.54) is 0 Å². The molecule has 0 aromatic heterocycles. The van der Waals surface area contributed by atoms with Crippen molar-refractivity contribution in [2.75, 3.05) is 0 Å². The van der Waals surface area contributed by atoms with Crippen molar-refractivity contribution in [2.45, 2.75) is 52.3 Å². The minimum absolute atomic E-state index is 0.150. The monoisotopic (exact) mass is 251 g/mol. The van der Waals surface area contributed by atoms with Crippen LogP contribution in [-0.2, 0) is 4.79 Å². The number of hydrogen-bond acceptors (Lipinski definition) is 1. The van der Waals surface area contributed by atoms with Gasteiger partial charge in [-0.15, -0.1) is 0 Å². The van der Waals surface area contributed by atoms with E-state index in [0.717, 1.165) is 12.8 Å². The van der Waals surface area contributed by atoms with Crippen LogP contribution in [0.3, 0.4) is 0 Å². The zero-order valence-electron chi connectivity index (χ0n) is 10.5. The Hall–Kier alpha value is -0.740. The number of amides is 1. The Bertz CT molecular complexity index is 275. The van der Waals surface area contributed by atoms with Gasteiger partial charge in [-0.1, -0.05) is 27.2 Å². The van der Waals surface area contributed by atoms with Crippen molar-refractivity contribution in [3.8, 4) is 0 Å². The van der Waals surface area contributed by atoms with Gasteiger partial charge in [0.05, 0.1) is 0 Å². The lowest BCUT2D eigenvalue weighted by molar-refractivity contribution is -0.175. The van der Waals surface area contributed by atoms with E-state index in [0.29, 0.717) is 18.3 Å². The quantitative estimate of drug-likeness (QED) is 0.802. The van der Waals surface area contributed by atoms with Gasteiger partial charge in [-0.2, -0.15) is 13.2 Å². The molecule has 3 unspecified atom stereocenters. The summed E-state index contributed by atoms with van der Waals surface area (Å²) in [5.74, 6) is -0.982. The first-order chi connectivity index (χ1) is 7.71. The minimum atomic E-state index is -4.78. The lowest BCUT2D eigenvalue weighted by Gasteiger charge is -2.37. The van der Waals surface area contributed by atoms with Gasteiger partial charge >= 0.3 is 12.1 Å². The summed E-state index contributed by atoms with van der Waals surface area (Å²) in [6.45, 7) is 6.00. The highest BCUT2D eigenvalue weighted by Crippen LogP contribution is 2.34. The fourth-order valence-electron chi connectivity index (χ4n) is 2.62. The number of hydrogen-bond donors (Lipinski definition) is 1. The smallest absolute Gasteiger partial charge is 0.345 e. The molecule has 0 radical (unpaired) electrons. The van der Waals surface area contributed by atoms with Crippen molar-refractivity contribution in [1.29, 1.82) is 0 Å². The van der Waals surface area contributed by atoms with Crippen LogP contribution >= 0.6 is 0 Å². The minimum Gasteiger partial charge on any atom is -0.345 e. The van der Waals surface area contributed by atoms with Gasteiger partial charge in [0.2, 0.25) is 0 Å². The van der Waals surface area contributed by atoms with E-state index in [2.05, 4.69) is 5.32 Å². The molecule has 1 rings (SSSR count). The van der Waals surface area contributed by atoms with Crippen molar-refractivity contribution in [2.24, 2.45) is 17.8 Å². The van der Waals surface area contributed by atoms with Crippen LogP contribution < -0.4 is 5.32 Å². The number of alkyl halides is 3. The molecular weight excluding hydrogens is 231 g/mol. The maximum atomic E-state index is 12.2. The summed E-state index contributed by atoms with van der Waals surface area (Å²) < 4.78 is 36.7. The molecule has 1 amide bonds. The first-order valence-electron chi connectivity index (χ1n) is 6.09. The first-order valence-corrected chi connectivity index (χ1v) is 6.09. The number of nitrogens with one attached hydrogen (secondary N) is 1. The lowest BCUT2D eigenvalue weighted by Crippen LogP contribution is -2.49. The normalized spacial score (nSPS) is 30.4. The summed E-state index contributed by atoms with van der Waals surface area (Å²) in [5.41, 5.74) is 0. The van der Waals surface area contributed by atoms with Gasteiger partial charge in [-0.05, 0) is 30.6 Å². The fraction of sp³-hybridized carbons (Fsp3) is 0.917. The topological polar surface area (TPSA) is 29.1 Å². The molecule has 17 heavy (non-hydrogen) atoms. The Labute approximate surface area is 100.0 Å². The highest BCUT2D eigenvalue weighted by atomic mass is 19.4. The summed E-state index contributed by atoms with van der Waals surface area (Å²) in [4.78, 5) is 11.0. The second kappa shape index (κ2) is 5.27. The van der Waals surface area contributed by atoms with Gasteiger partial charge in [0, 0.05) is 6.04 Å². The summed E-state index contributed by atoms with van der Waals surface area (Å²) in [6.07, 6.45) is -2.21. The highest BCUT2D eigenvalue weighted by Gasteiger charge is 2.42. The van der Waals surface area contributed by atoms with Crippen LogP contribution in [0.1, 0.15) is 40.0 Å². The van der Waals surface area contributed by atoms with Crippen molar-refractivity contribution in [1.82, 2.24) is 5.32 Å². The van der Waals surface area contributed by atoms with Gasteiger partial charge in [0.1, 0.15) is 0 Å². The van der Waals surface area contributed by atoms with Gasteiger partial charge in [0.25, 0.3) is 0 Å². The predicted octanol–water partition coefficient (Wildman–Crippen LogP) is 3.13. The van der Waals surface area contributed by atoms with Crippen molar-refractivity contribution in [3.05, 3.63) is 0 Å². The third-order valence-corrected chi connectivity index (χ3v) is 3.60. The molecule has 0 aromatic rings. The number of carbonyl (C=O) groups is 1. The molecule has 0 aromatic carbocycles. The number of halogens is 3. The molecule has 0 bridgehead atoms. The maximum Gasteiger partial charge on any atom is 0.471 e. The summed E-state index contributed by atoms with van der Waals surface area (Å²) in [5, 5.41) is 2.16. The molecule has 1 N–H and O–H groups in total. The van der Waals surface area contributed by atoms with Crippen molar-refractivity contribution < 1.29 is 18.0 Å². The molecule has 0 spiro atoms. The van der Waals surface area contributed by atoms with Gasteiger partial charge in [-0.25, -0.2) is 0 Å². The van der Waals surface area contributed by atoms with Crippen LogP contribution in [-0.4, -0.2) is 18.1 Å². The lowest BCUT2D eigenvalue weighted by atomic mass is 9.74. The SMILES string of the molecule is CC1CCC(C(C)C)C(NC(=O)C(F)(F)F)C1. The maximum absolute atomic E-state index is 12.2. The molecule has 5 heteroatoms. The van der Waals surface area contributed by atoms with Crippen molar-refractivity contribution in [3.63, 3.8) is 0 Å². The molecule has 0 saturated heterocycles. The van der Waals surface area contributed by atoms with Crippen LogP contribution in [0.4, 0.5) is 13.2 Å². The number of rotatable bonds is 2. The number of carbonyl (C=O) groups excluding carboxylic acids is 1. The fourth-order valence-corrected chi connectivity index (χ4v) is 2.62. The Morgan fingerprint density at radius 3 is 2.35 bits per heavy atom. The first kappa shape index (κ1) is 14.3. The Balaban J connectivity index is 2.67. The standard InChI is InChI=1S/C12H20F3NO/c1-7(2)9-5-4-8(3)6-10(9)16-11(17)12(13,14)15/h7-10H,4-6H2,1-3H3,(H,16,17). The van der Waals surface area contributed by atoms with Gasteiger partial charge in [0.15, 0.2) is 0 Å². The third kappa shape index (κ3) is 3.89.